The molecular formula is C8H17N5S. The summed E-state index contributed by atoms with van der Waals surface area (Å²) in [5, 5.41) is 9.76. The van der Waals surface area contributed by atoms with E-state index in [4.69, 9.17) is 0 Å². The number of amidine groups is 1. The molecule has 0 radical (unpaired) electrons. The Balaban J connectivity index is 2.61. The molecule has 0 aromatic rings. The summed E-state index contributed by atoms with van der Waals surface area (Å²) in [6.45, 7) is 6.93. The number of rotatable bonds is 3. The van der Waals surface area contributed by atoms with Gasteiger partial charge in [0.25, 0.3) is 0 Å². The van der Waals surface area contributed by atoms with Crippen molar-refractivity contribution in [1.29, 1.82) is 0 Å². The molecule has 6 heteroatoms. The SMILES string of the molecule is CCNN1N=C(NC(C)C)C=C(S)N1. The fourth-order valence-corrected chi connectivity index (χ4v) is 1.24. The largest absolute Gasteiger partial charge is 0.366 e. The minimum absolute atomic E-state index is 0.354. The van der Waals surface area contributed by atoms with Gasteiger partial charge in [0.05, 0.1) is 5.03 Å². The Morgan fingerprint density at radius 1 is 1.64 bits per heavy atom. The van der Waals surface area contributed by atoms with Crippen molar-refractivity contribution in [3.63, 3.8) is 0 Å². The van der Waals surface area contributed by atoms with Gasteiger partial charge in [-0.1, -0.05) is 6.92 Å². The summed E-state index contributed by atoms with van der Waals surface area (Å²) in [6, 6.07) is 0.354. The number of hydrazone groups is 1. The minimum Gasteiger partial charge on any atom is -0.366 e. The molecule has 0 saturated carbocycles. The predicted molar refractivity (Wildman–Crippen MR) is 61.4 cm³/mol. The molecule has 0 aromatic heterocycles. The number of hydrazine groups is 2. The van der Waals surface area contributed by atoms with Crippen LogP contribution in [-0.2, 0) is 0 Å². The van der Waals surface area contributed by atoms with E-state index in [1.165, 1.54) is 0 Å². The summed E-state index contributed by atoms with van der Waals surface area (Å²) in [7, 11) is 0. The lowest BCUT2D eigenvalue weighted by atomic mass is 10.4. The predicted octanol–water partition coefficient (Wildman–Crippen LogP) is 0.414. The van der Waals surface area contributed by atoms with E-state index < -0.39 is 0 Å². The van der Waals surface area contributed by atoms with Gasteiger partial charge in [-0.15, -0.1) is 23.0 Å². The molecule has 5 nitrogen and oxygen atoms in total. The standard InChI is InChI=1S/C8H17N5S/c1-4-9-13-11-7(10-6(2)3)5-8(14)12-13/h5-6,9,12,14H,4H2,1-3H3,(H,10,11). The summed E-state index contributed by atoms with van der Waals surface area (Å²) in [5.74, 6) is 0.796. The maximum atomic E-state index is 4.25. The van der Waals surface area contributed by atoms with Crippen LogP contribution in [0.4, 0.5) is 0 Å². The van der Waals surface area contributed by atoms with Crippen molar-refractivity contribution in [2.45, 2.75) is 26.8 Å². The van der Waals surface area contributed by atoms with Gasteiger partial charge in [-0.2, -0.15) is 5.43 Å². The van der Waals surface area contributed by atoms with E-state index in [2.05, 4.69) is 47.7 Å². The lowest BCUT2D eigenvalue weighted by Gasteiger charge is -2.25. The molecule has 3 N–H and O–H groups in total. The van der Waals surface area contributed by atoms with Gasteiger partial charge in [-0.25, -0.2) is 0 Å². The summed E-state index contributed by atoms with van der Waals surface area (Å²) < 4.78 is 0. The second kappa shape index (κ2) is 5.11. The first kappa shape index (κ1) is 11.2. The fraction of sp³-hybridized carbons (Fsp3) is 0.625. The maximum Gasteiger partial charge on any atom is 0.152 e. The average molecular weight is 215 g/mol. The molecule has 1 heterocycles. The van der Waals surface area contributed by atoms with Crippen molar-refractivity contribution in [3.8, 4) is 0 Å². The summed E-state index contributed by atoms with van der Waals surface area (Å²) >= 11 is 4.24. The van der Waals surface area contributed by atoms with E-state index in [1.807, 2.05) is 13.0 Å². The Morgan fingerprint density at radius 3 is 2.93 bits per heavy atom. The zero-order valence-electron chi connectivity index (χ0n) is 8.70. The Hall–Kier alpha value is -0.880. The highest BCUT2D eigenvalue weighted by atomic mass is 32.1. The topological polar surface area (TPSA) is 51.7 Å². The van der Waals surface area contributed by atoms with Crippen LogP contribution < -0.4 is 16.2 Å². The van der Waals surface area contributed by atoms with Gasteiger partial charge in [-0.3, -0.25) is 5.43 Å². The van der Waals surface area contributed by atoms with Crippen molar-refractivity contribution >= 4 is 18.5 Å². The van der Waals surface area contributed by atoms with Crippen molar-refractivity contribution in [2.75, 3.05) is 6.54 Å². The molecule has 0 saturated heterocycles. The van der Waals surface area contributed by atoms with Crippen LogP contribution in [0.5, 0.6) is 0 Å². The Labute approximate surface area is 90.0 Å². The van der Waals surface area contributed by atoms with Crippen LogP contribution in [0.1, 0.15) is 20.8 Å². The molecule has 0 spiro atoms. The van der Waals surface area contributed by atoms with Crippen LogP contribution in [0.15, 0.2) is 16.2 Å². The van der Waals surface area contributed by atoms with Gasteiger partial charge in [-0.05, 0) is 13.8 Å². The first-order chi connectivity index (χ1) is 6.61. The van der Waals surface area contributed by atoms with E-state index in [0.29, 0.717) is 6.04 Å². The molecule has 0 atom stereocenters. The highest BCUT2D eigenvalue weighted by molar-refractivity contribution is 7.84. The van der Waals surface area contributed by atoms with E-state index in [0.717, 1.165) is 17.4 Å². The molecular weight excluding hydrogens is 198 g/mol. The monoisotopic (exact) mass is 215 g/mol. The lowest BCUT2D eigenvalue weighted by molar-refractivity contribution is 0.145. The molecule has 0 aromatic carbocycles. The summed E-state index contributed by atoms with van der Waals surface area (Å²) in [4.78, 5) is 0. The first-order valence-electron chi connectivity index (χ1n) is 4.68. The van der Waals surface area contributed by atoms with Crippen LogP contribution in [-0.4, -0.2) is 23.6 Å². The van der Waals surface area contributed by atoms with E-state index in [-0.39, 0.29) is 0 Å². The average Bonchev–Trinajstić information content (AvgIpc) is 2.01. The number of hydrogen-bond donors (Lipinski definition) is 4. The van der Waals surface area contributed by atoms with Crippen LogP contribution >= 0.6 is 12.6 Å². The van der Waals surface area contributed by atoms with E-state index in [1.54, 1.807) is 5.23 Å². The molecule has 80 valence electrons. The molecule has 0 aliphatic carbocycles. The zero-order valence-corrected chi connectivity index (χ0v) is 9.60. The third-order valence-electron chi connectivity index (χ3n) is 1.45. The number of nitrogens with zero attached hydrogens (tertiary/aromatic N) is 2. The summed E-state index contributed by atoms with van der Waals surface area (Å²) in [5.41, 5.74) is 5.96. The van der Waals surface area contributed by atoms with Gasteiger partial charge < -0.3 is 5.32 Å². The van der Waals surface area contributed by atoms with E-state index in [9.17, 15) is 0 Å². The van der Waals surface area contributed by atoms with Gasteiger partial charge in [0.2, 0.25) is 0 Å². The Kier molecular flexibility index (Phi) is 4.09. The highest BCUT2D eigenvalue weighted by Crippen LogP contribution is 2.02. The van der Waals surface area contributed by atoms with Crippen molar-refractivity contribution in [2.24, 2.45) is 5.10 Å². The van der Waals surface area contributed by atoms with E-state index >= 15 is 0 Å². The van der Waals surface area contributed by atoms with Crippen LogP contribution in [0.25, 0.3) is 0 Å². The van der Waals surface area contributed by atoms with Crippen LogP contribution in [0.3, 0.4) is 0 Å². The van der Waals surface area contributed by atoms with Crippen LogP contribution in [0, 0.1) is 0 Å². The molecule has 0 bridgehead atoms. The molecule has 1 aliphatic rings. The lowest BCUT2D eigenvalue weighted by Crippen LogP contribution is -2.47. The first-order valence-corrected chi connectivity index (χ1v) is 5.12. The molecule has 14 heavy (non-hydrogen) atoms. The zero-order chi connectivity index (χ0) is 10.6. The Bertz CT molecular complexity index is 248. The normalized spacial score (nSPS) is 16.2. The summed E-state index contributed by atoms with van der Waals surface area (Å²) in [6.07, 6.45) is 1.84. The van der Waals surface area contributed by atoms with Gasteiger partial charge in [0.1, 0.15) is 0 Å². The molecule has 1 rings (SSSR count). The number of nitrogens with one attached hydrogen (secondary N) is 3. The smallest absolute Gasteiger partial charge is 0.152 e. The third-order valence-corrected chi connectivity index (χ3v) is 1.68. The fourth-order valence-electron chi connectivity index (χ4n) is 1.02. The molecule has 0 fully saturated rings. The maximum absolute atomic E-state index is 4.25. The quantitative estimate of drug-likeness (QED) is 0.515. The number of thiol groups is 1. The minimum atomic E-state index is 0.354. The van der Waals surface area contributed by atoms with Gasteiger partial charge in [0.15, 0.2) is 5.84 Å². The third kappa shape index (κ3) is 3.47. The molecule has 0 amide bonds. The van der Waals surface area contributed by atoms with Crippen molar-refractivity contribution in [1.82, 2.24) is 21.4 Å². The van der Waals surface area contributed by atoms with Gasteiger partial charge >= 0.3 is 0 Å². The van der Waals surface area contributed by atoms with Crippen molar-refractivity contribution < 1.29 is 0 Å². The number of hydrogen-bond acceptors (Lipinski definition) is 6. The second-order valence-corrected chi connectivity index (χ2v) is 3.73. The molecule has 0 unspecified atom stereocenters. The molecule has 1 aliphatic heterocycles. The van der Waals surface area contributed by atoms with Crippen LogP contribution in [0.2, 0.25) is 0 Å². The second-order valence-electron chi connectivity index (χ2n) is 3.25. The Morgan fingerprint density at radius 2 is 2.36 bits per heavy atom. The van der Waals surface area contributed by atoms with Crippen molar-refractivity contribution in [3.05, 3.63) is 11.1 Å². The van der Waals surface area contributed by atoms with Gasteiger partial charge in [0, 0.05) is 18.7 Å². The highest BCUT2D eigenvalue weighted by Gasteiger charge is 2.09.